The number of carbonyl (C=O) groups excluding carboxylic acids is 1. The van der Waals surface area contributed by atoms with Crippen LogP contribution in [0, 0.1) is 0 Å². The molecule has 0 radical (unpaired) electrons. The molecule has 0 fully saturated rings. The number of anilines is 1. The van der Waals surface area contributed by atoms with Gasteiger partial charge in [0.1, 0.15) is 5.65 Å². The van der Waals surface area contributed by atoms with Crippen LogP contribution in [0.4, 0.5) is 5.69 Å². The van der Waals surface area contributed by atoms with Gasteiger partial charge in [0.2, 0.25) is 5.91 Å². The zero-order valence-electron chi connectivity index (χ0n) is 10.6. The molecule has 1 N–H and O–H groups in total. The van der Waals surface area contributed by atoms with E-state index in [4.69, 9.17) is 11.6 Å². The zero-order chi connectivity index (χ0) is 13.9. The van der Waals surface area contributed by atoms with E-state index in [-0.39, 0.29) is 5.91 Å². The van der Waals surface area contributed by atoms with Gasteiger partial charge in [-0.25, -0.2) is 4.98 Å². The smallest absolute Gasteiger partial charge is 0.228 e. The monoisotopic (exact) mass is 285 g/mol. The summed E-state index contributed by atoms with van der Waals surface area (Å²) in [7, 11) is 0. The van der Waals surface area contributed by atoms with Gasteiger partial charge in [-0.15, -0.1) is 0 Å². The molecule has 1 aromatic carbocycles. The fourth-order valence-electron chi connectivity index (χ4n) is 1.99. The highest BCUT2D eigenvalue weighted by Gasteiger charge is 2.05. The van der Waals surface area contributed by atoms with Crippen LogP contribution >= 0.6 is 11.6 Å². The van der Waals surface area contributed by atoms with Crippen LogP contribution in [0.3, 0.4) is 0 Å². The lowest BCUT2D eigenvalue weighted by molar-refractivity contribution is -0.115. The standard InChI is InChI=1S/C15H12ClN3O/c16-12-3-1-11(2-4-12)9-15(20)18-13-5-6-14-17-7-8-19(14)10-13/h1-8,10H,9H2,(H,18,20). The lowest BCUT2D eigenvalue weighted by Gasteiger charge is -2.06. The van der Waals surface area contributed by atoms with Crippen molar-refractivity contribution in [2.24, 2.45) is 0 Å². The van der Waals surface area contributed by atoms with E-state index in [9.17, 15) is 4.79 Å². The van der Waals surface area contributed by atoms with E-state index in [1.54, 1.807) is 18.3 Å². The maximum absolute atomic E-state index is 12.0. The van der Waals surface area contributed by atoms with Crippen molar-refractivity contribution in [3.63, 3.8) is 0 Å². The van der Waals surface area contributed by atoms with Gasteiger partial charge in [0.25, 0.3) is 0 Å². The highest BCUT2D eigenvalue weighted by molar-refractivity contribution is 6.30. The summed E-state index contributed by atoms with van der Waals surface area (Å²) >= 11 is 5.81. The first kappa shape index (κ1) is 12.7. The van der Waals surface area contributed by atoms with Gasteiger partial charge in [-0.1, -0.05) is 23.7 Å². The van der Waals surface area contributed by atoms with Crippen molar-refractivity contribution in [2.45, 2.75) is 6.42 Å². The molecule has 1 amide bonds. The lowest BCUT2D eigenvalue weighted by atomic mass is 10.1. The first-order valence-corrected chi connectivity index (χ1v) is 6.55. The second kappa shape index (κ2) is 5.35. The van der Waals surface area contributed by atoms with Crippen LogP contribution in [-0.2, 0) is 11.2 Å². The Morgan fingerprint density at radius 1 is 1.20 bits per heavy atom. The number of aromatic nitrogens is 2. The summed E-state index contributed by atoms with van der Waals surface area (Å²) in [5.41, 5.74) is 2.52. The number of halogens is 1. The molecule has 0 unspecified atom stereocenters. The Kier molecular flexibility index (Phi) is 3.39. The molecule has 2 aromatic heterocycles. The topological polar surface area (TPSA) is 46.4 Å². The van der Waals surface area contributed by atoms with E-state index < -0.39 is 0 Å². The number of carbonyl (C=O) groups is 1. The Bertz CT molecular complexity index is 749. The third-order valence-electron chi connectivity index (χ3n) is 2.95. The normalized spacial score (nSPS) is 10.7. The van der Waals surface area contributed by atoms with Crippen LogP contribution in [0.15, 0.2) is 55.0 Å². The second-order valence-corrected chi connectivity index (χ2v) is 4.90. The molecule has 2 heterocycles. The van der Waals surface area contributed by atoms with Crippen LogP contribution < -0.4 is 5.32 Å². The molecule has 3 rings (SSSR count). The summed E-state index contributed by atoms with van der Waals surface area (Å²) in [5.74, 6) is -0.0632. The lowest BCUT2D eigenvalue weighted by Crippen LogP contribution is -2.14. The third kappa shape index (κ3) is 2.81. The van der Waals surface area contributed by atoms with Crippen molar-refractivity contribution in [3.05, 3.63) is 65.6 Å². The minimum absolute atomic E-state index is 0.0632. The van der Waals surface area contributed by atoms with E-state index in [0.29, 0.717) is 11.4 Å². The summed E-state index contributed by atoms with van der Waals surface area (Å²) in [4.78, 5) is 16.1. The Hall–Kier alpha value is -2.33. The molecule has 0 aliphatic carbocycles. The molecule has 0 spiro atoms. The van der Waals surface area contributed by atoms with E-state index >= 15 is 0 Å². The molecule has 0 saturated carbocycles. The third-order valence-corrected chi connectivity index (χ3v) is 3.20. The molecule has 4 nitrogen and oxygen atoms in total. The van der Waals surface area contributed by atoms with Crippen LogP contribution in [0.5, 0.6) is 0 Å². The van der Waals surface area contributed by atoms with Crippen LogP contribution in [0.1, 0.15) is 5.56 Å². The number of imidazole rings is 1. The van der Waals surface area contributed by atoms with Gasteiger partial charge >= 0.3 is 0 Å². The molecule has 0 bridgehead atoms. The van der Waals surface area contributed by atoms with Crippen molar-refractivity contribution in [1.29, 1.82) is 0 Å². The fraction of sp³-hybridized carbons (Fsp3) is 0.0667. The molecular formula is C15H12ClN3O. The Balaban J connectivity index is 1.70. The number of amides is 1. The van der Waals surface area contributed by atoms with Crippen LogP contribution in [-0.4, -0.2) is 15.3 Å². The van der Waals surface area contributed by atoms with Crippen molar-refractivity contribution in [2.75, 3.05) is 5.32 Å². The molecule has 0 aliphatic heterocycles. The number of hydrogen-bond donors (Lipinski definition) is 1. The maximum atomic E-state index is 12.0. The van der Waals surface area contributed by atoms with E-state index in [0.717, 1.165) is 16.9 Å². The number of hydrogen-bond acceptors (Lipinski definition) is 2. The van der Waals surface area contributed by atoms with Crippen LogP contribution in [0.25, 0.3) is 5.65 Å². The molecule has 3 aromatic rings. The average Bonchev–Trinajstić information content (AvgIpc) is 2.89. The second-order valence-electron chi connectivity index (χ2n) is 4.46. The van der Waals surface area contributed by atoms with Gasteiger partial charge in [0, 0.05) is 23.6 Å². The molecule has 0 aliphatic rings. The number of fused-ring (bicyclic) bond motifs is 1. The molecule has 0 atom stereocenters. The maximum Gasteiger partial charge on any atom is 0.228 e. The first-order chi connectivity index (χ1) is 9.70. The van der Waals surface area contributed by atoms with Gasteiger partial charge in [-0.3, -0.25) is 4.79 Å². The van der Waals surface area contributed by atoms with Crippen molar-refractivity contribution in [1.82, 2.24) is 9.38 Å². The van der Waals surface area contributed by atoms with Crippen molar-refractivity contribution in [3.8, 4) is 0 Å². The van der Waals surface area contributed by atoms with E-state index in [1.165, 1.54) is 0 Å². The van der Waals surface area contributed by atoms with Gasteiger partial charge in [-0.05, 0) is 29.8 Å². The van der Waals surface area contributed by atoms with Crippen LogP contribution in [0.2, 0.25) is 5.02 Å². The van der Waals surface area contributed by atoms with Gasteiger partial charge in [0.05, 0.1) is 12.1 Å². The summed E-state index contributed by atoms with van der Waals surface area (Å²) in [6.45, 7) is 0. The minimum atomic E-state index is -0.0632. The van der Waals surface area contributed by atoms with Gasteiger partial charge in [-0.2, -0.15) is 0 Å². The average molecular weight is 286 g/mol. The summed E-state index contributed by atoms with van der Waals surface area (Å²) in [5, 5.41) is 3.53. The van der Waals surface area contributed by atoms with Gasteiger partial charge in [0.15, 0.2) is 0 Å². The number of pyridine rings is 1. The fourth-order valence-corrected chi connectivity index (χ4v) is 2.11. The largest absolute Gasteiger partial charge is 0.324 e. The zero-order valence-corrected chi connectivity index (χ0v) is 11.3. The van der Waals surface area contributed by atoms with E-state index in [2.05, 4.69) is 10.3 Å². The predicted octanol–water partition coefficient (Wildman–Crippen LogP) is 3.17. The highest BCUT2D eigenvalue weighted by Crippen LogP contribution is 2.12. The summed E-state index contributed by atoms with van der Waals surface area (Å²) in [6.07, 6.45) is 5.71. The van der Waals surface area contributed by atoms with E-state index in [1.807, 2.05) is 41.1 Å². The molecular weight excluding hydrogens is 274 g/mol. The Morgan fingerprint density at radius 2 is 2.00 bits per heavy atom. The molecule has 20 heavy (non-hydrogen) atoms. The Labute approximate surface area is 121 Å². The van der Waals surface area contributed by atoms with Gasteiger partial charge < -0.3 is 9.72 Å². The number of benzene rings is 1. The predicted molar refractivity (Wildman–Crippen MR) is 79.0 cm³/mol. The van der Waals surface area contributed by atoms with Crippen molar-refractivity contribution < 1.29 is 4.79 Å². The van der Waals surface area contributed by atoms with Crippen molar-refractivity contribution >= 4 is 28.8 Å². The molecule has 5 heteroatoms. The summed E-state index contributed by atoms with van der Waals surface area (Å²) < 4.78 is 1.86. The SMILES string of the molecule is O=C(Cc1ccc(Cl)cc1)Nc1ccc2nccn2c1. The quantitative estimate of drug-likeness (QED) is 0.803. The minimum Gasteiger partial charge on any atom is -0.324 e. The Morgan fingerprint density at radius 3 is 2.80 bits per heavy atom. The number of nitrogens with one attached hydrogen (secondary N) is 1. The first-order valence-electron chi connectivity index (χ1n) is 6.18. The molecule has 100 valence electrons. The number of rotatable bonds is 3. The molecule has 0 saturated heterocycles. The highest BCUT2D eigenvalue weighted by atomic mass is 35.5. The number of nitrogens with zero attached hydrogens (tertiary/aromatic N) is 2. The summed E-state index contributed by atoms with van der Waals surface area (Å²) in [6, 6.07) is 10.9.